The Morgan fingerprint density at radius 2 is 2.00 bits per heavy atom. The monoisotopic (exact) mass is 235 g/mol. The van der Waals surface area contributed by atoms with Crippen LogP contribution in [0.4, 0.5) is 14.6 Å². The molecule has 1 N–H and O–H groups in total. The van der Waals surface area contributed by atoms with E-state index < -0.39 is 17.5 Å². The molecule has 0 saturated carbocycles. The van der Waals surface area contributed by atoms with Gasteiger partial charge in [-0.05, 0) is 24.3 Å². The molecule has 0 unspecified atom stereocenters. The molecule has 2 aromatic rings. The summed E-state index contributed by atoms with van der Waals surface area (Å²) >= 11 is 0. The molecule has 0 aliphatic carbocycles. The second-order valence-electron chi connectivity index (χ2n) is 3.18. The first kappa shape index (κ1) is 11.1. The van der Waals surface area contributed by atoms with Gasteiger partial charge in [0, 0.05) is 11.8 Å². The van der Waals surface area contributed by atoms with Gasteiger partial charge in [-0.2, -0.15) is 0 Å². The van der Waals surface area contributed by atoms with Crippen molar-refractivity contribution in [3.05, 3.63) is 54.0 Å². The van der Waals surface area contributed by atoms with Crippen LogP contribution in [0, 0.1) is 11.6 Å². The molecule has 6 heteroatoms. The van der Waals surface area contributed by atoms with Crippen LogP contribution in [0.5, 0.6) is 0 Å². The topological polar surface area (TPSA) is 54.9 Å². The van der Waals surface area contributed by atoms with Crippen molar-refractivity contribution >= 4 is 11.7 Å². The summed E-state index contributed by atoms with van der Waals surface area (Å²) in [4.78, 5) is 19.1. The maximum atomic E-state index is 12.9. The van der Waals surface area contributed by atoms with Gasteiger partial charge in [0.15, 0.2) is 11.6 Å². The van der Waals surface area contributed by atoms with E-state index in [1.54, 1.807) is 0 Å². The normalized spacial score (nSPS) is 10.0. The van der Waals surface area contributed by atoms with Crippen molar-refractivity contribution in [2.75, 3.05) is 5.32 Å². The number of benzene rings is 1. The van der Waals surface area contributed by atoms with Gasteiger partial charge in [-0.1, -0.05) is 0 Å². The number of carbonyl (C=O) groups is 1. The minimum Gasteiger partial charge on any atom is -0.306 e. The molecular weight excluding hydrogens is 228 g/mol. The Kier molecular flexibility index (Phi) is 3.04. The Morgan fingerprint density at radius 3 is 2.65 bits per heavy atom. The molecule has 0 aliphatic heterocycles. The van der Waals surface area contributed by atoms with Crippen molar-refractivity contribution in [3.63, 3.8) is 0 Å². The van der Waals surface area contributed by atoms with E-state index in [9.17, 15) is 13.6 Å². The lowest BCUT2D eigenvalue weighted by Crippen LogP contribution is -2.13. The van der Waals surface area contributed by atoms with Gasteiger partial charge < -0.3 is 5.32 Å². The zero-order valence-corrected chi connectivity index (χ0v) is 8.52. The van der Waals surface area contributed by atoms with E-state index in [2.05, 4.69) is 15.3 Å². The fourth-order valence-corrected chi connectivity index (χ4v) is 1.19. The summed E-state index contributed by atoms with van der Waals surface area (Å²) in [6.45, 7) is 0. The van der Waals surface area contributed by atoms with Crippen molar-refractivity contribution in [1.82, 2.24) is 9.97 Å². The smallest absolute Gasteiger partial charge is 0.256 e. The number of nitrogens with one attached hydrogen (secondary N) is 1. The molecule has 17 heavy (non-hydrogen) atoms. The Hall–Kier alpha value is -2.37. The van der Waals surface area contributed by atoms with E-state index >= 15 is 0 Å². The largest absolute Gasteiger partial charge is 0.306 e. The molecule has 0 bridgehead atoms. The van der Waals surface area contributed by atoms with E-state index in [4.69, 9.17) is 0 Å². The number of amides is 1. The lowest BCUT2D eigenvalue weighted by molar-refractivity contribution is 0.102. The fourth-order valence-electron chi connectivity index (χ4n) is 1.19. The fraction of sp³-hybridized carbons (Fsp3) is 0. The van der Waals surface area contributed by atoms with E-state index in [1.165, 1.54) is 24.7 Å². The summed E-state index contributed by atoms with van der Waals surface area (Å²) < 4.78 is 25.6. The van der Waals surface area contributed by atoms with Crippen molar-refractivity contribution in [2.45, 2.75) is 0 Å². The van der Waals surface area contributed by atoms with E-state index in [-0.39, 0.29) is 11.4 Å². The van der Waals surface area contributed by atoms with Gasteiger partial charge in [0.1, 0.15) is 12.1 Å². The van der Waals surface area contributed by atoms with Crippen molar-refractivity contribution in [1.29, 1.82) is 0 Å². The molecule has 4 nitrogen and oxygen atoms in total. The maximum absolute atomic E-state index is 12.9. The second-order valence-corrected chi connectivity index (χ2v) is 3.18. The molecule has 0 saturated heterocycles. The van der Waals surface area contributed by atoms with Gasteiger partial charge in [-0.3, -0.25) is 4.79 Å². The predicted octanol–water partition coefficient (Wildman–Crippen LogP) is 2.01. The molecule has 0 aliphatic rings. The third kappa shape index (κ3) is 2.60. The Bertz CT molecular complexity index is 546. The standard InChI is InChI=1S/C11H7F2N3O/c12-8-2-1-7(5-9(8)13)11(17)16-10-3-4-14-6-15-10/h1-6H,(H,14,15,16,17). The number of rotatable bonds is 2. The van der Waals surface area contributed by atoms with Gasteiger partial charge in [0.25, 0.3) is 5.91 Å². The van der Waals surface area contributed by atoms with Crippen LogP contribution in [-0.4, -0.2) is 15.9 Å². The van der Waals surface area contributed by atoms with E-state index in [1.807, 2.05) is 0 Å². The number of halogens is 2. The highest BCUT2D eigenvalue weighted by Gasteiger charge is 2.10. The molecule has 0 fully saturated rings. The van der Waals surface area contributed by atoms with Crippen molar-refractivity contribution < 1.29 is 13.6 Å². The molecule has 1 aromatic carbocycles. The summed E-state index contributed by atoms with van der Waals surface area (Å²) in [5.41, 5.74) is 0.0162. The van der Waals surface area contributed by atoms with Crippen LogP contribution in [0.1, 0.15) is 10.4 Å². The number of carbonyl (C=O) groups excluding carboxylic acids is 1. The number of hydrogen-bond donors (Lipinski definition) is 1. The number of aromatic nitrogens is 2. The van der Waals surface area contributed by atoms with Crippen LogP contribution in [0.25, 0.3) is 0 Å². The van der Waals surface area contributed by atoms with Gasteiger partial charge in [-0.15, -0.1) is 0 Å². The number of nitrogens with zero attached hydrogens (tertiary/aromatic N) is 2. The molecule has 2 rings (SSSR count). The summed E-state index contributed by atoms with van der Waals surface area (Å²) in [5.74, 6) is -2.35. The SMILES string of the molecule is O=C(Nc1ccncn1)c1ccc(F)c(F)c1. The minimum atomic E-state index is -1.07. The maximum Gasteiger partial charge on any atom is 0.256 e. The first-order valence-electron chi connectivity index (χ1n) is 4.69. The highest BCUT2D eigenvalue weighted by atomic mass is 19.2. The number of hydrogen-bond acceptors (Lipinski definition) is 3. The predicted molar refractivity (Wildman–Crippen MR) is 56.3 cm³/mol. The summed E-state index contributed by atoms with van der Waals surface area (Å²) in [5, 5.41) is 2.43. The third-order valence-electron chi connectivity index (χ3n) is 2.01. The highest BCUT2D eigenvalue weighted by molar-refractivity contribution is 6.03. The molecule has 0 atom stereocenters. The quantitative estimate of drug-likeness (QED) is 0.866. The van der Waals surface area contributed by atoms with Gasteiger partial charge in [0.2, 0.25) is 0 Å². The molecule has 0 radical (unpaired) electrons. The van der Waals surface area contributed by atoms with Gasteiger partial charge in [-0.25, -0.2) is 18.7 Å². The van der Waals surface area contributed by atoms with Crippen molar-refractivity contribution in [2.24, 2.45) is 0 Å². The summed E-state index contributed by atoms with van der Waals surface area (Å²) in [7, 11) is 0. The molecule has 1 aromatic heterocycles. The lowest BCUT2D eigenvalue weighted by atomic mass is 10.2. The Labute approximate surface area is 95.3 Å². The average Bonchev–Trinajstić information content (AvgIpc) is 2.34. The van der Waals surface area contributed by atoms with Crippen LogP contribution in [-0.2, 0) is 0 Å². The van der Waals surface area contributed by atoms with Crippen LogP contribution in [0.15, 0.2) is 36.8 Å². The zero-order valence-electron chi connectivity index (χ0n) is 8.52. The first-order valence-corrected chi connectivity index (χ1v) is 4.69. The number of anilines is 1. The molecular formula is C11H7F2N3O. The highest BCUT2D eigenvalue weighted by Crippen LogP contribution is 2.10. The Balaban J connectivity index is 2.18. The van der Waals surface area contributed by atoms with E-state index in [0.717, 1.165) is 12.1 Å². The van der Waals surface area contributed by atoms with Crippen LogP contribution < -0.4 is 5.32 Å². The molecule has 1 amide bonds. The summed E-state index contributed by atoms with van der Waals surface area (Å²) in [6.07, 6.45) is 2.72. The van der Waals surface area contributed by atoms with Crippen molar-refractivity contribution in [3.8, 4) is 0 Å². The zero-order chi connectivity index (χ0) is 12.3. The van der Waals surface area contributed by atoms with Crippen LogP contribution in [0.2, 0.25) is 0 Å². The van der Waals surface area contributed by atoms with Crippen LogP contribution >= 0.6 is 0 Å². The molecule has 0 spiro atoms. The third-order valence-corrected chi connectivity index (χ3v) is 2.01. The van der Waals surface area contributed by atoms with Gasteiger partial charge in [0.05, 0.1) is 0 Å². The van der Waals surface area contributed by atoms with Crippen LogP contribution in [0.3, 0.4) is 0 Å². The molecule has 1 heterocycles. The minimum absolute atomic E-state index is 0.0162. The lowest BCUT2D eigenvalue weighted by Gasteiger charge is -2.03. The van der Waals surface area contributed by atoms with Gasteiger partial charge >= 0.3 is 0 Å². The first-order chi connectivity index (χ1) is 8.16. The van der Waals surface area contributed by atoms with E-state index in [0.29, 0.717) is 0 Å². The average molecular weight is 235 g/mol. The Morgan fingerprint density at radius 1 is 1.18 bits per heavy atom. The second kappa shape index (κ2) is 4.65. The molecule has 86 valence electrons. The summed E-state index contributed by atoms with van der Waals surface area (Å²) in [6, 6.07) is 4.39.